The molecule has 0 aromatic heterocycles. The van der Waals surface area contributed by atoms with Crippen molar-refractivity contribution in [3.8, 4) is 0 Å². The molecule has 1 aliphatic carbocycles. The quantitative estimate of drug-likeness (QED) is 0.840. The van der Waals surface area contributed by atoms with Crippen LogP contribution in [0.5, 0.6) is 0 Å². The Morgan fingerprint density at radius 2 is 1.94 bits per heavy atom. The molecule has 0 bridgehead atoms. The van der Waals surface area contributed by atoms with Crippen LogP contribution in [0.3, 0.4) is 0 Å². The second-order valence-corrected chi connectivity index (χ2v) is 6.82. The number of carboxylic acids is 1. The van der Waals surface area contributed by atoms with E-state index in [0.29, 0.717) is 12.3 Å². The summed E-state index contributed by atoms with van der Waals surface area (Å²) in [7, 11) is 0. The maximum Gasteiger partial charge on any atom is 0.303 e. The Balaban J connectivity index is 1.97. The van der Waals surface area contributed by atoms with Crippen molar-refractivity contribution < 1.29 is 9.90 Å². The Hall–Kier alpha value is -0.570. The lowest BCUT2D eigenvalue weighted by molar-refractivity contribution is -0.140. The summed E-state index contributed by atoms with van der Waals surface area (Å²) in [5.41, 5.74) is 0.184. The van der Waals surface area contributed by atoms with E-state index in [-0.39, 0.29) is 5.41 Å². The normalized spacial score (nSPS) is 30.2. The zero-order valence-electron chi connectivity index (χ0n) is 11.8. The summed E-state index contributed by atoms with van der Waals surface area (Å²) in [5.74, 6) is -0.329. The lowest BCUT2D eigenvalue weighted by Gasteiger charge is -2.47. The molecule has 2 rings (SSSR count). The molecule has 1 atom stereocenters. The third-order valence-electron chi connectivity index (χ3n) is 5.12. The van der Waals surface area contributed by atoms with Crippen LogP contribution >= 0.6 is 0 Å². The van der Waals surface area contributed by atoms with Crippen LogP contribution in [0.2, 0.25) is 0 Å². The van der Waals surface area contributed by atoms with Crippen LogP contribution in [0.25, 0.3) is 0 Å². The van der Waals surface area contributed by atoms with Crippen molar-refractivity contribution in [2.75, 3.05) is 13.1 Å². The van der Waals surface area contributed by atoms with Crippen LogP contribution in [0.15, 0.2) is 0 Å². The van der Waals surface area contributed by atoms with Crippen LogP contribution in [-0.4, -0.2) is 35.1 Å². The lowest BCUT2D eigenvalue weighted by Crippen LogP contribution is -2.50. The second-order valence-electron chi connectivity index (χ2n) is 6.82. The molecular formula is C15H27NO2. The highest BCUT2D eigenvalue weighted by molar-refractivity contribution is 5.67. The van der Waals surface area contributed by atoms with Crippen molar-refractivity contribution in [3.05, 3.63) is 0 Å². The molecule has 1 unspecified atom stereocenters. The van der Waals surface area contributed by atoms with Gasteiger partial charge in [0.1, 0.15) is 0 Å². The first kappa shape index (κ1) is 13.9. The first-order chi connectivity index (χ1) is 8.49. The molecule has 1 aliphatic heterocycles. The molecule has 0 radical (unpaired) electrons. The van der Waals surface area contributed by atoms with E-state index in [0.717, 1.165) is 25.6 Å². The molecule has 1 N–H and O–H groups in total. The summed E-state index contributed by atoms with van der Waals surface area (Å²) in [6.45, 7) is 6.62. The van der Waals surface area contributed by atoms with Gasteiger partial charge in [0.25, 0.3) is 0 Å². The van der Waals surface area contributed by atoms with Crippen molar-refractivity contribution >= 4 is 5.97 Å². The molecule has 2 aliphatic rings. The van der Waals surface area contributed by atoms with E-state index in [1.54, 1.807) is 0 Å². The van der Waals surface area contributed by atoms with E-state index < -0.39 is 5.97 Å². The molecule has 0 aromatic carbocycles. The van der Waals surface area contributed by atoms with Gasteiger partial charge in [0, 0.05) is 19.0 Å². The smallest absolute Gasteiger partial charge is 0.303 e. The van der Waals surface area contributed by atoms with Gasteiger partial charge < -0.3 is 10.0 Å². The molecule has 3 heteroatoms. The summed E-state index contributed by atoms with van der Waals surface area (Å²) in [6, 6.07) is 0.728. The number of likely N-dealkylation sites (tertiary alicyclic amines) is 1. The lowest BCUT2D eigenvalue weighted by atomic mass is 9.71. The zero-order chi connectivity index (χ0) is 13.2. The second kappa shape index (κ2) is 5.60. The summed E-state index contributed by atoms with van der Waals surface area (Å²) >= 11 is 0. The van der Waals surface area contributed by atoms with E-state index in [4.69, 9.17) is 5.11 Å². The summed E-state index contributed by atoms with van der Waals surface area (Å²) in [5, 5.41) is 9.08. The number of rotatable bonds is 3. The zero-order valence-corrected chi connectivity index (χ0v) is 11.8. The Morgan fingerprint density at radius 1 is 1.28 bits per heavy atom. The summed E-state index contributed by atoms with van der Waals surface area (Å²) in [4.78, 5) is 13.6. The fraction of sp³-hybridized carbons (Fsp3) is 0.933. The molecule has 0 spiro atoms. The van der Waals surface area contributed by atoms with Crippen molar-refractivity contribution in [1.29, 1.82) is 0 Å². The van der Waals surface area contributed by atoms with Gasteiger partial charge >= 0.3 is 5.97 Å². The molecule has 1 saturated carbocycles. The highest BCUT2D eigenvalue weighted by atomic mass is 16.4. The van der Waals surface area contributed by atoms with Crippen molar-refractivity contribution in [2.24, 2.45) is 11.3 Å². The highest BCUT2D eigenvalue weighted by Gasteiger charge is 2.38. The number of hydrogen-bond acceptors (Lipinski definition) is 2. The van der Waals surface area contributed by atoms with Gasteiger partial charge in [-0.3, -0.25) is 4.79 Å². The molecular weight excluding hydrogens is 226 g/mol. The highest BCUT2D eigenvalue weighted by Crippen LogP contribution is 2.39. The first-order valence-electron chi connectivity index (χ1n) is 7.45. The van der Waals surface area contributed by atoms with Crippen LogP contribution in [-0.2, 0) is 4.79 Å². The molecule has 0 aromatic rings. The number of hydrogen-bond donors (Lipinski definition) is 1. The van der Waals surface area contributed by atoms with Gasteiger partial charge in [0.2, 0.25) is 0 Å². The van der Waals surface area contributed by atoms with E-state index >= 15 is 0 Å². The minimum atomic E-state index is -0.640. The van der Waals surface area contributed by atoms with Gasteiger partial charge in [-0.15, -0.1) is 0 Å². The van der Waals surface area contributed by atoms with Crippen molar-refractivity contribution in [2.45, 2.75) is 64.8 Å². The Kier molecular flexibility index (Phi) is 4.31. The van der Waals surface area contributed by atoms with Gasteiger partial charge in [-0.05, 0) is 37.1 Å². The summed E-state index contributed by atoms with van der Waals surface area (Å²) in [6.07, 6.45) is 8.20. The standard InChI is InChI=1S/C15H27NO2/c1-15(2)8-9-16(11-12(15)10-14(17)18)13-6-4-3-5-7-13/h12-13H,3-11H2,1-2H3,(H,17,18). The molecule has 0 amide bonds. The average molecular weight is 253 g/mol. The molecule has 2 fully saturated rings. The van der Waals surface area contributed by atoms with E-state index in [1.165, 1.54) is 32.1 Å². The molecule has 104 valence electrons. The minimum absolute atomic E-state index is 0.184. The number of aliphatic carboxylic acids is 1. The Labute approximate surface area is 111 Å². The number of carboxylic acid groups (broad SMARTS) is 1. The predicted molar refractivity (Wildman–Crippen MR) is 72.6 cm³/mol. The van der Waals surface area contributed by atoms with Gasteiger partial charge in [-0.1, -0.05) is 33.1 Å². The monoisotopic (exact) mass is 253 g/mol. The van der Waals surface area contributed by atoms with Crippen molar-refractivity contribution in [3.63, 3.8) is 0 Å². The Bertz CT molecular complexity index is 295. The van der Waals surface area contributed by atoms with Gasteiger partial charge in [0.05, 0.1) is 0 Å². The van der Waals surface area contributed by atoms with Crippen molar-refractivity contribution in [1.82, 2.24) is 4.90 Å². The number of nitrogens with zero attached hydrogens (tertiary/aromatic N) is 1. The van der Waals surface area contributed by atoms with E-state index in [9.17, 15) is 4.79 Å². The summed E-state index contributed by atoms with van der Waals surface area (Å²) < 4.78 is 0. The maximum absolute atomic E-state index is 11.0. The van der Waals surface area contributed by atoms with Gasteiger partial charge in [0.15, 0.2) is 0 Å². The first-order valence-corrected chi connectivity index (χ1v) is 7.45. The average Bonchev–Trinajstić information content (AvgIpc) is 2.32. The number of piperidine rings is 1. The SMILES string of the molecule is CC1(C)CCN(C2CCCCC2)CC1CC(=O)O. The third-order valence-corrected chi connectivity index (χ3v) is 5.12. The van der Waals surface area contributed by atoms with Gasteiger partial charge in [-0.25, -0.2) is 0 Å². The topological polar surface area (TPSA) is 40.5 Å². The molecule has 3 nitrogen and oxygen atoms in total. The molecule has 1 heterocycles. The van der Waals surface area contributed by atoms with E-state index in [1.807, 2.05) is 0 Å². The van der Waals surface area contributed by atoms with Crippen LogP contribution in [0.1, 0.15) is 58.8 Å². The van der Waals surface area contributed by atoms with Crippen LogP contribution in [0, 0.1) is 11.3 Å². The maximum atomic E-state index is 11.0. The Morgan fingerprint density at radius 3 is 2.56 bits per heavy atom. The minimum Gasteiger partial charge on any atom is -0.481 e. The van der Waals surface area contributed by atoms with Crippen LogP contribution < -0.4 is 0 Å². The van der Waals surface area contributed by atoms with E-state index in [2.05, 4.69) is 18.7 Å². The number of carbonyl (C=O) groups is 1. The largest absolute Gasteiger partial charge is 0.481 e. The predicted octanol–water partition coefficient (Wildman–Crippen LogP) is 3.14. The third kappa shape index (κ3) is 3.25. The van der Waals surface area contributed by atoms with Gasteiger partial charge in [-0.2, -0.15) is 0 Å². The molecule has 18 heavy (non-hydrogen) atoms. The molecule has 1 saturated heterocycles. The fourth-order valence-corrected chi connectivity index (χ4v) is 3.59. The fourth-order valence-electron chi connectivity index (χ4n) is 3.59. The van der Waals surface area contributed by atoms with Crippen LogP contribution in [0.4, 0.5) is 0 Å².